The lowest BCUT2D eigenvalue weighted by atomic mass is 9.88. The Bertz CT molecular complexity index is 939. The molecule has 0 spiro atoms. The minimum Gasteiger partial charge on any atom is -0.480 e. The third-order valence-electron chi connectivity index (χ3n) is 5.22. The lowest BCUT2D eigenvalue weighted by Crippen LogP contribution is -2.47. The number of nitrogens with one attached hydrogen (secondary N) is 2. The van der Waals surface area contributed by atoms with Crippen LogP contribution in [0, 0.1) is 0 Å². The van der Waals surface area contributed by atoms with Crippen LogP contribution in [0.5, 0.6) is 5.75 Å². The second-order valence-corrected chi connectivity index (χ2v) is 9.21. The minimum absolute atomic E-state index is 0.0196. The van der Waals surface area contributed by atoms with Crippen LogP contribution < -0.4 is 14.8 Å². The van der Waals surface area contributed by atoms with E-state index >= 15 is 0 Å². The second kappa shape index (κ2) is 9.00. The van der Waals surface area contributed by atoms with E-state index in [9.17, 15) is 22.8 Å². The number of hydrogen-bond acceptors (Lipinski definition) is 8. The van der Waals surface area contributed by atoms with Crippen molar-refractivity contribution >= 4 is 33.6 Å². The lowest BCUT2D eigenvalue weighted by molar-refractivity contribution is -0.138. The molecule has 0 aliphatic carbocycles. The van der Waals surface area contributed by atoms with Crippen LogP contribution in [-0.4, -0.2) is 68.1 Å². The molecule has 0 radical (unpaired) electrons. The molecular formula is C19H25N3O7S. The molecule has 30 heavy (non-hydrogen) atoms. The van der Waals surface area contributed by atoms with E-state index in [1.165, 1.54) is 0 Å². The molecule has 164 valence electrons. The van der Waals surface area contributed by atoms with Crippen LogP contribution in [0.3, 0.4) is 0 Å². The van der Waals surface area contributed by atoms with Crippen molar-refractivity contribution in [2.24, 2.45) is 0 Å². The number of nitrogens with zero attached hydrogens (tertiary/aromatic N) is 1. The number of hydrogen-bond donors (Lipinski definition) is 3. The van der Waals surface area contributed by atoms with Gasteiger partial charge in [-0.2, -0.15) is 8.42 Å². The second-order valence-electron chi connectivity index (χ2n) is 7.63. The third-order valence-corrected chi connectivity index (χ3v) is 5.70. The quantitative estimate of drug-likeness (QED) is 0.409. The van der Waals surface area contributed by atoms with Gasteiger partial charge in [0.2, 0.25) is 11.8 Å². The van der Waals surface area contributed by atoms with Crippen molar-refractivity contribution in [3.05, 3.63) is 23.8 Å². The van der Waals surface area contributed by atoms with Crippen LogP contribution in [0.15, 0.2) is 18.2 Å². The standard InChI is InChI=1S/C19H25N3O7S/c1-30(27,28)29-16-10-13(20-15-4-5-17(23)21-19(15)26)2-3-14(16)12-6-8-22(9-7-12)11-18(24)25/h2-3,10,12,15,20H,4-9,11H2,1H3,(H,24,25)(H,21,23,26). The maximum atomic E-state index is 12.0. The van der Waals surface area contributed by atoms with Crippen molar-refractivity contribution in [3.63, 3.8) is 0 Å². The molecule has 10 nitrogen and oxygen atoms in total. The van der Waals surface area contributed by atoms with Gasteiger partial charge in [0.05, 0.1) is 12.8 Å². The smallest absolute Gasteiger partial charge is 0.317 e. The summed E-state index contributed by atoms with van der Waals surface area (Å²) in [6, 6.07) is 4.47. The van der Waals surface area contributed by atoms with Crippen molar-refractivity contribution in [1.82, 2.24) is 10.2 Å². The van der Waals surface area contributed by atoms with Gasteiger partial charge in [0.25, 0.3) is 0 Å². The number of piperidine rings is 2. The highest BCUT2D eigenvalue weighted by atomic mass is 32.2. The van der Waals surface area contributed by atoms with Gasteiger partial charge in [0.1, 0.15) is 11.8 Å². The molecule has 1 atom stereocenters. The Morgan fingerprint density at radius 2 is 1.97 bits per heavy atom. The average Bonchev–Trinajstić information content (AvgIpc) is 2.63. The highest BCUT2D eigenvalue weighted by molar-refractivity contribution is 7.86. The monoisotopic (exact) mass is 439 g/mol. The number of likely N-dealkylation sites (tertiary alicyclic amines) is 1. The maximum absolute atomic E-state index is 12.0. The number of aliphatic carboxylic acids is 1. The van der Waals surface area contributed by atoms with Crippen LogP contribution in [0.2, 0.25) is 0 Å². The highest BCUT2D eigenvalue weighted by Gasteiger charge is 2.28. The van der Waals surface area contributed by atoms with Gasteiger partial charge in [-0.3, -0.25) is 24.6 Å². The van der Waals surface area contributed by atoms with Gasteiger partial charge in [-0.25, -0.2) is 0 Å². The molecule has 2 heterocycles. The fourth-order valence-electron chi connectivity index (χ4n) is 3.82. The summed E-state index contributed by atoms with van der Waals surface area (Å²) >= 11 is 0. The summed E-state index contributed by atoms with van der Waals surface area (Å²) in [6.45, 7) is 1.16. The molecule has 1 aromatic rings. The summed E-state index contributed by atoms with van der Waals surface area (Å²) < 4.78 is 28.8. The fraction of sp³-hybridized carbons (Fsp3) is 0.526. The topological polar surface area (TPSA) is 142 Å². The van der Waals surface area contributed by atoms with E-state index < -0.39 is 28.0 Å². The van der Waals surface area contributed by atoms with Crippen LogP contribution in [0.4, 0.5) is 5.69 Å². The van der Waals surface area contributed by atoms with Gasteiger partial charge in [0.15, 0.2) is 0 Å². The number of carboxylic acids is 1. The molecule has 0 bridgehead atoms. The Hall–Kier alpha value is -2.66. The summed E-state index contributed by atoms with van der Waals surface area (Å²) in [6.07, 6.45) is 2.88. The predicted octanol–water partition coefficient (Wildman–Crippen LogP) is 0.506. The van der Waals surface area contributed by atoms with Gasteiger partial charge >= 0.3 is 16.1 Å². The number of anilines is 1. The molecule has 2 amide bonds. The number of benzene rings is 1. The van der Waals surface area contributed by atoms with Crippen LogP contribution in [0.25, 0.3) is 0 Å². The van der Waals surface area contributed by atoms with Gasteiger partial charge in [-0.15, -0.1) is 0 Å². The minimum atomic E-state index is -3.77. The number of imide groups is 1. The molecule has 3 rings (SSSR count). The van der Waals surface area contributed by atoms with Crippen molar-refractivity contribution in [3.8, 4) is 5.75 Å². The van der Waals surface area contributed by atoms with E-state index in [0.717, 1.165) is 11.8 Å². The van der Waals surface area contributed by atoms with E-state index in [2.05, 4.69) is 10.6 Å². The zero-order valence-electron chi connectivity index (χ0n) is 16.6. The molecule has 2 aliphatic rings. The number of carboxylic acid groups (broad SMARTS) is 1. The van der Waals surface area contributed by atoms with Crippen molar-refractivity contribution in [1.29, 1.82) is 0 Å². The first kappa shape index (κ1) is 22.0. The van der Waals surface area contributed by atoms with Crippen LogP contribution in [0.1, 0.15) is 37.2 Å². The zero-order chi connectivity index (χ0) is 21.9. The Labute approximate surface area is 174 Å². The van der Waals surface area contributed by atoms with E-state index in [1.54, 1.807) is 18.2 Å². The van der Waals surface area contributed by atoms with Gasteiger partial charge < -0.3 is 14.6 Å². The van der Waals surface area contributed by atoms with Crippen molar-refractivity contribution in [2.75, 3.05) is 31.2 Å². The fourth-order valence-corrected chi connectivity index (χ4v) is 4.29. The molecule has 1 unspecified atom stereocenters. The van der Waals surface area contributed by atoms with E-state index in [0.29, 0.717) is 38.0 Å². The number of carbonyl (C=O) groups is 3. The Morgan fingerprint density at radius 3 is 2.57 bits per heavy atom. The molecule has 2 aliphatic heterocycles. The van der Waals surface area contributed by atoms with E-state index in [-0.39, 0.29) is 30.5 Å². The number of amides is 2. The molecule has 0 saturated carbocycles. The molecular weight excluding hydrogens is 414 g/mol. The number of rotatable bonds is 7. The first-order chi connectivity index (χ1) is 14.1. The van der Waals surface area contributed by atoms with E-state index in [1.807, 2.05) is 4.90 Å². The Morgan fingerprint density at radius 1 is 1.27 bits per heavy atom. The summed E-state index contributed by atoms with van der Waals surface area (Å²) in [5.74, 6) is -1.41. The SMILES string of the molecule is CS(=O)(=O)Oc1cc(NC2CCC(=O)NC2=O)ccc1C1CCN(CC(=O)O)CC1. The molecule has 2 fully saturated rings. The van der Waals surface area contributed by atoms with E-state index in [4.69, 9.17) is 9.29 Å². The van der Waals surface area contributed by atoms with Crippen molar-refractivity contribution in [2.45, 2.75) is 37.6 Å². The van der Waals surface area contributed by atoms with Gasteiger partial charge in [-0.05, 0) is 49.9 Å². The summed E-state index contributed by atoms with van der Waals surface area (Å²) in [5, 5.41) is 14.2. The first-order valence-electron chi connectivity index (χ1n) is 9.68. The Kier molecular flexibility index (Phi) is 6.61. The van der Waals surface area contributed by atoms with Crippen LogP contribution >= 0.6 is 0 Å². The zero-order valence-corrected chi connectivity index (χ0v) is 17.4. The van der Waals surface area contributed by atoms with Crippen molar-refractivity contribution < 1.29 is 32.1 Å². The lowest BCUT2D eigenvalue weighted by Gasteiger charge is -2.32. The van der Waals surface area contributed by atoms with Gasteiger partial charge in [0, 0.05) is 18.2 Å². The predicted molar refractivity (Wildman–Crippen MR) is 108 cm³/mol. The highest BCUT2D eigenvalue weighted by Crippen LogP contribution is 2.36. The molecule has 11 heteroatoms. The molecule has 0 aromatic heterocycles. The number of carbonyl (C=O) groups excluding carboxylic acids is 2. The van der Waals surface area contributed by atoms with Crippen LogP contribution in [-0.2, 0) is 24.5 Å². The summed E-state index contributed by atoms with van der Waals surface area (Å²) in [7, 11) is -3.77. The average molecular weight is 439 g/mol. The largest absolute Gasteiger partial charge is 0.480 e. The summed E-state index contributed by atoms with van der Waals surface area (Å²) in [5.41, 5.74) is 1.24. The third kappa shape index (κ3) is 5.92. The first-order valence-corrected chi connectivity index (χ1v) is 11.5. The Balaban J connectivity index is 1.77. The molecule has 1 aromatic carbocycles. The molecule has 3 N–H and O–H groups in total. The van der Waals surface area contributed by atoms with Gasteiger partial charge in [-0.1, -0.05) is 6.07 Å². The normalized spacial score (nSPS) is 21.2. The molecule has 2 saturated heterocycles. The maximum Gasteiger partial charge on any atom is 0.317 e. The summed E-state index contributed by atoms with van der Waals surface area (Å²) in [4.78, 5) is 36.0.